The minimum Gasteiger partial charge on any atom is -0.497 e. The molecule has 0 radical (unpaired) electrons. The Bertz CT molecular complexity index is 1360. The summed E-state index contributed by atoms with van der Waals surface area (Å²) in [6.45, 7) is 3.14. The third kappa shape index (κ3) is 5.15. The van der Waals surface area contributed by atoms with Gasteiger partial charge in [0, 0.05) is 11.8 Å². The van der Waals surface area contributed by atoms with Gasteiger partial charge in [-0.05, 0) is 43.7 Å². The lowest BCUT2D eigenvalue weighted by molar-refractivity contribution is -0.140. The van der Waals surface area contributed by atoms with Crippen molar-refractivity contribution >= 4 is 21.9 Å². The van der Waals surface area contributed by atoms with Crippen molar-refractivity contribution in [3.8, 4) is 17.2 Å². The lowest BCUT2D eigenvalue weighted by Gasteiger charge is -2.23. The molecule has 11 heteroatoms. The van der Waals surface area contributed by atoms with Gasteiger partial charge in [-0.3, -0.25) is 4.31 Å². The summed E-state index contributed by atoms with van der Waals surface area (Å²) in [6, 6.07) is 14.4. The van der Waals surface area contributed by atoms with E-state index < -0.39 is 16.2 Å². The van der Waals surface area contributed by atoms with Crippen LogP contribution >= 0.6 is 0 Å². The van der Waals surface area contributed by atoms with Gasteiger partial charge in [0.1, 0.15) is 5.75 Å². The van der Waals surface area contributed by atoms with E-state index in [0.29, 0.717) is 17.2 Å². The molecule has 0 unspecified atom stereocenters. The molecule has 0 N–H and O–H groups in total. The van der Waals surface area contributed by atoms with Gasteiger partial charge < -0.3 is 14.0 Å². The molecule has 0 bridgehead atoms. The number of carbonyl (C=O) groups excluding carboxylic acids is 1. The maximum atomic E-state index is 12.7. The number of hydrogen-bond donors (Lipinski definition) is 0. The SMILES string of the molecule is COc1ccc(CN2C=C(C(=O)OCc3noc(-c4ccc(C)cc4)n3)C(C)=NS2(=O)=O)cc1. The number of aryl methyl sites for hydroxylation is 1. The summed E-state index contributed by atoms with van der Waals surface area (Å²) >= 11 is 0. The maximum Gasteiger partial charge on any atom is 0.344 e. The molecule has 1 aliphatic heterocycles. The van der Waals surface area contributed by atoms with Crippen LogP contribution in [0.3, 0.4) is 0 Å². The van der Waals surface area contributed by atoms with Crippen molar-refractivity contribution in [1.29, 1.82) is 0 Å². The van der Waals surface area contributed by atoms with Crippen molar-refractivity contribution < 1.29 is 27.2 Å². The first-order valence-electron chi connectivity index (χ1n) is 10.3. The standard InChI is InChI=1S/C23H22N4O6S/c1-15-4-8-18(9-5-15)22-24-21(25-33-22)14-32-23(28)20-13-27(34(29,30)26-16(20)2)12-17-6-10-19(31-3)11-7-17/h4-11,13H,12,14H2,1-3H3. The minimum absolute atomic E-state index is 0.00929. The highest BCUT2D eigenvalue weighted by atomic mass is 32.2. The number of methoxy groups -OCH3 is 1. The van der Waals surface area contributed by atoms with Gasteiger partial charge in [-0.1, -0.05) is 35.0 Å². The van der Waals surface area contributed by atoms with Gasteiger partial charge in [0.15, 0.2) is 6.61 Å². The van der Waals surface area contributed by atoms with Crippen LogP contribution in [0.1, 0.15) is 23.9 Å². The lowest BCUT2D eigenvalue weighted by atomic mass is 10.1. The average Bonchev–Trinajstić information content (AvgIpc) is 3.29. The number of aromatic nitrogens is 2. The van der Waals surface area contributed by atoms with Crippen LogP contribution in [0.2, 0.25) is 0 Å². The van der Waals surface area contributed by atoms with Gasteiger partial charge in [0.05, 0.1) is 24.9 Å². The minimum atomic E-state index is -3.98. The molecule has 3 aromatic rings. The highest BCUT2D eigenvalue weighted by Gasteiger charge is 2.29. The number of nitrogens with zero attached hydrogens (tertiary/aromatic N) is 4. The fraction of sp³-hybridized carbons (Fsp3) is 0.217. The van der Waals surface area contributed by atoms with Gasteiger partial charge in [-0.25, -0.2) is 4.79 Å². The van der Waals surface area contributed by atoms with Crippen molar-refractivity contribution in [3.05, 3.63) is 77.3 Å². The van der Waals surface area contributed by atoms with Gasteiger partial charge in [0.25, 0.3) is 5.89 Å². The first kappa shape index (κ1) is 23.2. The Kier molecular flexibility index (Phi) is 6.46. The highest BCUT2D eigenvalue weighted by molar-refractivity contribution is 7.88. The Morgan fingerprint density at radius 3 is 2.44 bits per heavy atom. The Labute approximate surface area is 196 Å². The maximum absolute atomic E-state index is 12.7. The van der Waals surface area contributed by atoms with Crippen molar-refractivity contribution in [2.24, 2.45) is 4.40 Å². The molecule has 0 saturated carbocycles. The second-order valence-corrected chi connectivity index (χ2v) is 9.10. The Morgan fingerprint density at radius 1 is 1.06 bits per heavy atom. The number of hydrogen-bond acceptors (Lipinski definition) is 8. The summed E-state index contributed by atoms with van der Waals surface area (Å²) in [6.07, 6.45) is 1.22. The van der Waals surface area contributed by atoms with Crippen LogP contribution in [-0.2, 0) is 32.9 Å². The van der Waals surface area contributed by atoms with E-state index in [0.717, 1.165) is 15.4 Å². The van der Waals surface area contributed by atoms with Gasteiger partial charge >= 0.3 is 16.2 Å². The zero-order valence-electron chi connectivity index (χ0n) is 18.8. The third-order valence-electron chi connectivity index (χ3n) is 5.03. The molecule has 2 aromatic carbocycles. The normalized spacial score (nSPS) is 14.9. The molecule has 0 saturated heterocycles. The largest absolute Gasteiger partial charge is 0.497 e. The second-order valence-electron chi connectivity index (χ2n) is 7.55. The molecule has 0 atom stereocenters. The Hall–Kier alpha value is -3.99. The topological polar surface area (TPSA) is 124 Å². The van der Waals surface area contributed by atoms with E-state index in [2.05, 4.69) is 14.5 Å². The molecule has 0 fully saturated rings. The number of carbonyl (C=O) groups is 1. The summed E-state index contributed by atoms with van der Waals surface area (Å²) < 4.78 is 45.3. The molecule has 1 aromatic heterocycles. The van der Waals surface area contributed by atoms with E-state index in [-0.39, 0.29) is 30.3 Å². The predicted molar refractivity (Wildman–Crippen MR) is 123 cm³/mol. The van der Waals surface area contributed by atoms with Crippen LogP contribution in [-0.4, -0.2) is 41.7 Å². The van der Waals surface area contributed by atoms with E-state index in [9.17, 15) is 13.2 Å². The summed E-state index contributed by atoms with van der Waals surface area (Å²) in [5.41, 5.74) is 2.58. The van der Waals surface area contributed by atoms with Crippen molar-refractivity contribution in [1.82, 2.24) is 14.4 Å². The summed E-state index contributed by atoms with van der Waals surface area (Å²) in [7, 11) is -2.44. The van der Waals surface area contributed by atoms with Gasteiger partial charge in [-0.2, -0.15) is 13.4 Å². The van der Waals surface area contributed by atoms with Crippen LogP contribution in [0.25, 0.3) is 11.5 Å². The summed E-state index contributed by atoms with van der Waals surface area (Å²) in [4.78, 5) is 16.9. The number of ether oxygens (including phenoxy) is 2. The molecule has 0 spiro atoms. The van der Waals surface area contributed by atoms with Crippen molar-refractivity contribution in [3.63, 3.8) is 0 Å². The summed E-state index contributed by atoms with van der Waals surface area (Å²) in [5, 5.41) is 3.83. The molecular weight excluding hydrogens is 460 g/mol. The molecule has 0 amide bonds. The Morgan fingerprint density at radius 2 is 1.76 bits per heavy atom. The molecule has 0 aliphatic carbocycles. The molecule has 2 heterocycles. The smallest absolute Gasteiger partial charge is 0.344 e. The quantitative estimate of drug-likeness (QED) is 0.470. The average molecular weight is 483 g/mol. The highest BCUT2D eigenvalue weighted by Crippen LogP contribution is 2.22. The fourth-order valence-electron chi connectivity index (χ4n) is 3.15. The molecular formula is C23H22N4O6S. The summed E-state index contributed by atoms with van der Waals surface area (Å²) in [5.74, 6) is 0.374. The van der Waals surface area contributed by atoms with Crippen molar-refractivity contribution in [2.45, 2.75) is 27.0 Å². The fourth-order valence-corrected chi connectivity index (χ4v) is 4.25. The Balaban J connectivity index is 1.46. The molecule has 34 heavy (non-hydrogen) atoms. The van der Waals surface area contributed by atoms with Crippen LogP contribution in [0.15, 0.2) is 69.2 Å². The van der Waals surface area contributed by atoms with Crippen LogP contribution in [0, 0.1) is 6.92 Å². The van der Waals surface area contributed by atoms with E-state index in [1.807, 2.05) is 31.2 Å². The van der Waals surface area contributed by atoms with Crippen LogP contribution in [0.5, 0.6) is 5.75 Å². The molecule has 10 nitrogen and oxygen atoms in total. The molecule has 4 rings (SSSR count). The van der Waals surface area contributed by atoms with E-state index in [1.165, 1.54) is 13.1 Å². The monoisotopic (exact) mass is 482 g/mol. The van der Waals surface area contributed by atoms with E-state index in [1.54, 1.807) is 31.4 Å². The lowest BCUT2D eigenvalue weighted by Crippen LogP contribution is -2.31. The first-order valence-corrected chi connectivity index (χ1v) is 11.6. The van der Waals surface area contributed by atoms with E-state index in [4.69, 9.17) is 14.0 Å². The van der Waals surface area contributed by atoms with Crippen LogP contribution < -0.4 is 4.74 Å². The first-order chi connectivity index (χ1) is 16.2. The van der Waals surface area contributed by atoms with Crippen LogP contribution in [0.4, 0.5) is 0 Å². The van der Waals surface area contributed by atoms with Crippen molar-refractivity contribution in [2.75, 3.05) is 7.11 Å². The van der Waals surface area contributed by atoms with E-state index >= 15 is 0 Å². The third-order valence-corrected chi connectivity index (χ3v) is 6.36. The van der Waals surface area contributed by atoms with Gasteiger partial charge in [-0.15, -0.1) is 4.40 Å². The zero-order chi connectivity index (χ0) is 24.3. The van der Waals surface area contributed by atoms with Gasteiger partial charge in [0.2, 0.25) is 5.82 Å². The predicted octanol–water partition coefficient (Wildman–Crippen LogP) is 3.20. The zero-order valence-corrected chi connectivity index (χ0v) is 19.6. The number of benzene rings is 2. The number of esters is 1. The second kappa shape index (κ2) is 9.48. The molecule has 1 aliphatic rings. The molecule has 176 valence electrons. The number of rotatable bonds is 7.